The summed E-state index contributed by atoms with van der Waals surface area (Å²) in [5, 5.41) is 13.3. The Hall–Kier alpha value is -2.28. The van der Waals surface area contributed by atoms with Gasteiger partial charge in [-0.05, 0) is 17.5 Å². The predicted octanol–water partition coefficient (Wildman–Crippen LogP) is 2.86. The molecule has 0 saturated heterocycles. The number of aromatic nitrogens is 2. The molecule has 0 atom stereocenters. The molecule has 0 spiro atoms. The van der Waals surface area contributed by atoms with E-state index in [0.717, 1.165) is 10.2 Å². The molecule has 0 aromatic carbocycles. The zero-order valence-electron chi connectivity index (χ0n) is 8.36. The van der Waals surface area contributed by atoms with Crippen LogP contribution in [0.2, 0.25) is 0 Å². The first-order valence-electron chi connectivity index (χ1n) is 4.69. The van der Waals surface area contributed by atoms with Gasteiger partial charge in [-0.25, -0.2) is 9.97 Å². The summed E-state index contributed by atoms with van der Waals surface area (Å²) in [6.07, 6.45) is 1.67. The molecule has 84 valence electrons. The minimum atomic E-state index is -0.590. The highest BCUT2D eigenvalue weighted by Gasteiger charge is 2.15. The van der Waals surface area contributed by atoms with Gasteiger partial charge in [0.05, 0.1) is 6.07 Å². The zero-order valence-corrected chi connectivity index (χ0v) is 9.18. The van der Waals surface area contributed by atoms with Crippen molar-refractivity contribution >= 4 is 27.4 Å². The second-order valence-corrected chi connectivity index (χ2v) is 4.16. The van der Waals surface area contributed by atoms with Crippen LogP contribution in [0.5, 0.6) is 0 Å². The van der Waals surface area contributed by atoms with Gasteiger partial charge in [0.25, 0.3) is 0 Å². The Kier molecular flexibility index (Phi) is 2.12. The topological polar surface area (TPSA) is 82.1 Å². The monoisotopic (exact) mass is 247 g/mol. The van der Waals surface area contributed by atoms with Crippen LogP contribution >= 0.6 is 11.3 Å². The molecule has 0 unspecified atom stereocenters. The summed E-state index contributed by atoms with van der Waals surface area (Å²) in [5.74, 6) is 0.343. The van der Waals surface area contributed by atoms with Crippen molar-refractivity contribution in [3.63, 3.8) is 0 Å². The number of nitro groups is 1. The van der Waals surface area contributed by atoms with E-state index in [-0.39, 0.29) is 5.88 Å². The van der Waals surface area contributed by atoms with Gasteiger partial charge in [0.1, 0.15) is 9.75 Å². The molecule has 0 bridgehead atoms. The summed E-state index contributed by atoms with van der Waals surface area (Å²) >= 11 is 1.48. The highest BCUT2D eigenvalue weighted by molar-refractivity contribution is 7.16. The van der Waals surface area contributed by atoms with Crippen molar-refractivity contribution in [2.75, 3.05) is 0 Å². The summed E-state index contributed by atoms with van der Waals surface area (Å²) in [4.78, 5) is 19.1. The molecule has 0 aliphatic carbocycles. The second-order valence-electron chi connectivity index (χ2n) is 3.27. The van der Waals surface area contributed by atoms with Gasteiger partial charge in [-0.1, -0.05) is 0 Å². The molecule has 17 heavy (non-hydrogen) atoms. The Morgan fingerprint density at radius 3 is 3.00 bits per heavy atom. The standard InChI is InChI=1S/C10H5N3O3S/c14-13(15)8-2-1-7(16-8)9-11-5-6-3-4-17-10(6)12-9/h1-5H. The van der Waals surface area contributed by atoms with Crippen LogP contribution in [0.3, 0.4) is 0 Å². The van der Waals surface area contributed by atoms with Crippen molar-refractivity contribution in [3.05, 3.63) is 39.9 Å². The Bertz CT molecular complexity index is 703. The summed E-state index contributed by atoms with van der Waals surface area (Å²) in [6, 6.07) is 4.69. The van der Waals surface area contributed by atoms with Crippen LogP contribution < -0.4 is 0 Å². The molecule has 3 aromatic rings. The van der Waals surface area contributed by atoms with E-state index >= 15 is 0 Å². The number of thiophene rings is 1. The first-order chi connectivity index (χ1) is 8.24. The van der Waals surface area contributed by atoms with Crippen molar-refractivity contribution in [1.29, 1.82) is 0 Å². The second kappa shape index (κ2) is 3.63. The smallest absolute Gasteiger partial charge is 0.397 e. The lowest BCUT2D eigenvalue weighted by atomic mass is 10.4. The third kappa shape index (κ3) is 1.66. The van der Waals surface area contributed by atoms with E-state index < -0.39 is 4.92 Å². The fraction of sp³-hybridized carbons (Fsp3) is 0. The van der Waals surface area contributed by atoms with Gasteiger partial charge in [0.2, 0.25) is 0 Å². The van der Waals surface area contributed by atoms with E-state index in [2.05, 4.69) is 9.97 Å². The summed E-state index contributed by atoms with van der Waals surface area (Å²) in [5.41, 5.74) is 0. The zero-order chi connectivity index (χ0) is 11.8. The van der Waals surface area contributed by atoms with E-state index in [1.807, 2.05) is 11.4 Å². The third-order valence-electron chi connectivity index (χ3n) is 2.20. The van der Waals surface area contributed by atoms with E-state index in [9.17, 15) is 10.1 Å². The molecule has 3 rings (SSSR count). The van der Waals surface area contributed by atoms with E-state index in [4.69, 9.17) is 4.42 Å². The molecular formula is C10H5N3O3S. The molecule has 7 heteroatoms. The van der Waals surface area contributed by atoms with Crippen LogP contribution in [0, 0.1) is 10.1 Å². The molecule has 0 fully saturated rings. The minimum Gasteiger partial charge on any atom is -0.397 e. The quantitative estimate of drug-likeness (QED) is 0.513. The van der Waals surface area contributed by atoms with Crippen LogP contribution in [0.25, 0.3) is 21.8 Å². The van der Waals surface area contributed by atoms with E-state index in [0.29, 0.717) is 11.6 Å². The fourth-order valence-electron chi connectivity index (χ4n) is 1.42. The van der Waals surface area contributed by atoms with E-state index in [1.54, 1.807) is 6.20 Å². The molecule has 0 aliphatic rings. The molecule has 0 aliphatic heterocycles. The lowest BCUT2D eigenvalue weighted by Crippen LogP contribution is -1.86. The Morgan fingerprint density at radius 2 is 2.24 bits per heavy atom. The third-order valence-corrected chi connectivity index (χ3v) is 3.02. The molecule has 3 heterocycles. The minimum absolute atomic E-state index is 0.298. The molecule has 3 aromatic heterocycles. The predicted molar refractivity (Wildman–Crippen MR) is 61.8 cm³/mol. The first kappa shape index (κ1) is 9.91. The fourth-order valence-corrected chi connectivity index (χ4v) is 2.16. The molecular weight excluding hydrogens is 242 g/mol. The summed E-state index contributed by atoms with van der Waals surface area (Å²) in [6.45, 7) is 0. The maximum Gasteiger partial charge on any atom is 0.433 e. The molecule has 6 nitrogen and oxygen atoms in total. The number of furan rings is 1. The van der Waals surface area contributed by atoms with Gasteiger partial charge < -0.3 is 4.42 Å². The van der Waals surface area contributed by atoms with Gasteiger partial charge in [-0.3, -0.25) is 10.1 Å². The normalized spacial score (nSPS) is 10.8. The molecule has 0 saturated carbocycles. The van der Waals surface area contributed by atoms with Crippen molar-refractivity contribution in [3.8, 4) is 11.6 Å². The Labute approximate surface area is 98.7 Å². The van der Waals surface area contributed by atoms with Crippen LogP contribution in [-0.2, 0) is 0 Å². The van der Waals surface area contributed by atoms with Crippen molar-refractivity contribution in [1.82, 2.24) is 9.97 Å². The van der Waals surface area contributed by atoms with E-state index in [1.165, 1.54) is 23.5 Å². The highest BCUT2D eigenvalue weighted by atomic mass is 32.1. The largest absolute Gasteiger partial charge is 0.433 e. The molecule has 0 radical (unpaired) electrons. The van der Waals surface area contributed by atoms with Crippen LogP contribution in [0.1, 0.15) is 0 Å². The molecule has 0 N–H and O–H groups in total. The number of hydrogen-bond acceptors (Lipinski definition) is 6. The van der Waals surface area contributed by atoms with Crippen LogP contribution in [0.15, 0.2) is 34.2 Å². The van der Waals surface area contributed by atoms with Crippen molar-refractivity contribution in [2.45, 2.75) is 0 Å². The highest BCUT2D eigenvalue weighted by Crippen LogP contribution is 2.25. The van der Waals surface area contributed by atoms with Gasteiger partial charge >= 0.3 is 5.88 Å². The lowest BCUT2D eigenvalue weighted by molar-refractivity contribution is -0.401. The Balaban J connectivity index is 2.09. The lowest BCUT2D eigenvalue weighted by Gasteiger charge is -1.94. The van der Waals surface area contributed by atoms with Gasteiger partial charge in [-0.2, -0.15) is 0 Å². The van der Waals surface area contributed by atoms with Gasteiger partial charge in [-0.15, -0.1) is 11.3 Å². The maximum atomic E-state index is 10.5. The van der Waals surface area contributed by atoms with Crippen LogP contribution in [0.4, 0.5) is 5.88 Å². The number of hydrogen-bond donors (Lipinski definition) is 0. The van der Waals surface area contributed by atoms with Crippen molar-refractivity contribution in [2.24, 2.45) is 0 Å². The number of fused-ring (bicyclic) bond motifs is 1. The maximum absolute atomic E-state index is 10.5. The van der Waals surface area contributed by atoms with Gasteiger partial charge in [0.15, 0.2) is 11.6 Å². The summed E-state index contributed by atoms with van der Waals surface area (Å²) in [7, 11) is 0. The first-order valence-corrected chi connectivity index (χ1v) is 5.57. The molecule has 0 amide bonds. The number of rotatable bonds is 2. The van der Waals surface area contributed by atoms with Crippen molar-refractivity contribution < 1.29 is 9.34 Å². The Morgan fingerprint density at radius 1 is 1.35 bits per heavy atom. The average Bonchev–Trinajstić information content (AvgIpc) is 2.97. The average molecular weight is 247 g/mol. The van der Waals surface area contributed by atoms with Crippen LogP contribution in [-0.4, -0.2) is 14.9 Å². The summed E-state index contributed by atoms with van der Waals surface area (Å²) < 4.78 is 5.04. The van der Waals surface area contributed by atoms with Gasteiger partial charge in [0, 0.05) is 11.6 Å². The number of nitrogens with zero attached hydrogens (tertiary/aromatic N) is 3. The SMILES string of the molecule is O=[N+]([O-])c1ccc(-c2ncc3ccsc3n2)o1.